The molecule has 0 spiro atoms. The van der Waals surface area contributed by atoms with E-state index in [2.05, 4.69) is 17.0 Å². The van der Waals surface area contributed by atoms with Crippen molar-refractivity contribution in [2.45, 2.75) is 88.1 Å². The fourth-order valence-electron chi connectivity index (χ4n) is 4.64. The van der Waals surface area contributed by atoms with E-state index in [1.165, 1.54) is 19.6 Å². The van der Waals surface area contributed by atoms with Crippen molar-refractivity contribution in [3.05, 3.63) is 23.8 Å². The van der Waals surface area contributed by atoms with E-state index in [0.29, 0.717) is 11.5 Å². The molecule has 0 heterocycles. The van der Waals surface area contributed by atoms with E-state index < -0.39 is 10.0 Å². The summed E-state index contributed by atoms with van der Waals surface area (Å²) in [5.74, 6) is 0.566. The second-order valence-corrected chi connectivity index (χ2v) is 10.1. The molecule has 0 radical (unpaired) electrons. The van der Waals surface area contributed by atoms with Gasteiger partial charge in [0.05, 0.1) is 7.11 Å². The maximum absolute atomic E-state index is 12.9. The minimum Gasteiger partial charge on any atom is -0.495 e. The highest BCUT2D eigenvalue weighted by molar-refractivity contribution is 7.89. The van der Waals surface area contributed by atoms with Gasteiger partial charge in [-0.1, -0.05) is 39.0 Å². The van der Waals surface area contributed by atoms with E-state index in [0.717, 1.165) is 57.8 Å². The van der Waals surface area contributed by atoms with Crippen LogP contribution < -0.4 is 14.8 Å². The maximum atomic E-state index is 12.9. The summed E-state index contributed by atoms with van der Waals surface area (Å²) >= 11 is 0. The molecule has 2 saturated carbocycles. The lowest BCUT2D eigenvalue weighted by Gasteiger charge is -2.21. The van der Waals surface area contributed by atoms with Crippen molar-refractivity contribution in [2.75, 3.05) is 7.11 Å². The number of carbonyl (C=O) groups excluding carboxylic acids is 1. The van der Waals surface area contributed by atoms with Crippen LogP contribution in [-0.4, -0.2) is 33.5 Å². The molecule has 2 unspecified atom stereocenters. The summed E-state index contributed by atoms with van der Waals surface area (Å²) in [6.07, 6.45) is 10.5. The molecule has 3 rings (SSSR count). The second kappa shape index (κ2) is 9.94. The smallest absolute Gasteiger partial charge is 0.251 e. The van der Waals surface area contributed by atoms with Crippen LogP contribution in [0.4, 0.5) is 0 Å². The molecule has 6 nitrogen and oxygen atoms in total. The van der Waals surface area contributed by atoms with Crippen LogP contribution in [0.15, 0.2) is 23.1 Å². The topological polar surface area (TPSA) is 84.5 Å². The quantitative estimate of drug-likeness (QED) is 0.630. The zero-order chi connectivity index (χ0) is 20.9. The maximum Gasteiger partial charge on any atom is 0.251 e. The van der Waals surface area contributed by atoms with Crippen molar-refractivity contribution in [1.29, 1.82) is 0 Å². The van der Waals surface area contributed by atoms with Crippen LogP contribution in [0, 0.1) is 5.92 Å². The molecular weight excluding hydrogens is 388 g/mol. The lowest BCUT2D eigenvalue weighted by Crippen LogP contribution is -2.37. The predicted octanol–water partition coefficient (Wildman–Crippen LogP) is 4.00. The summed E-state index contributed by atoms with van der Waals surface area (Å²) < 4.78 is 33.9. The van der Waals surface area contributed by atoms with E-state index >= 15 is 0 Å². The van der Waals surface area contributed by atoms with Crippen LogP contribution in [0.3, 0.4) is 0 Å². The number of sulfonamides is 1. The normalized spacial score (nSPS) is 22.7. The first-order valence-corrected chi connectivity index (χ1v) is 12.4. The zero-order valence-corrected chi connectivity index (χ0v) is 18.4. The van der Waals surface area contributed by atoms with E-state index in [9.17, 15) is 13.2 Å². The molecule has 0 saturated heterocycles. The number of benzene rings is 1. The minimum atomic E-state index is -3.75. The van der Waals surface area contributed by atoms with Crippen LogP contribution in [0.25, 0.3) is 0 Å². The monoisotopic (exact) mass is 422 g/mol. The van der Waals surface area contributed by atoms with Crippen LogP contribution in [0.5, 0.6) is 5.75 Å². The van der Waals surface area contributed by atoms with Gasteiger partial charge in [-0.05, 0) is 56.2 Å². The molecule has 1 aromatic carbocycles. The zero-order valence-electron chi connectivity index (χ0n) is 17.6. The first kappa shape index (κ1) is 22.1. The van der Waals surface area contributed by atoms with Gasteiger partial charge in [-0.15, -0.1) is 0 Å². The van der Waals surface area contributed by atoms with Gasteiger partial charge in [-0.3, -0.25) is 4.79 Å². The first-order valence-electron chi connectivity index (χ1n) is 11.0. The van der Waals surface area contributed by atoms with Gasteiger partial charge in [-0.2, -0.15) is 0 Å². The van der Waals surface area contributed by atoms with Gasteiger partial charge in [0.1, 0.15) is 10.6 Å². The van der Waals surface area contributed by atoms with Crippen molar-refractivity contribution in [3.8, 4) is 5.75 Å². The molecule has 2 aliphatic carbocycles. The van der Waals surface area contributed by atoms with E-state index in [4.69, 9.17) is 4.74 Å². The highest BCUT2D eigenvalue weighted by Crippen LogP contribution is 2.31. The van der Waals surface area contributed by atoms with E-state index in [1.54, 1.807) is 12.1 Å². The summed E-state index contributed by atoms with van der Waals surface area (Å²) in [5, 5.41) is 3.15. The average Bonchev–Trinajstić information content (AvgIpc) is 3.37. The van der Waals surface area contributed by atoms with Gasteiger partial charge in [0.25, 0.3) is 5.91 Å². The molecule has 0 aromatic heterocycles. The summed E-state index contributed by atoms with van der Waals surface area (Å²) in [4.78, 5) is 12.9. The Hall–Kier alpha value is -1.60. The third kappa shape index (κ3) is 5.51. The molecular formula is C22H34N2O4S. The molecule has 2 N–H and O–H groups in total. The van der Waals surface area contributed by atoms with Gasteiger partial charge in [0.15, 0.2) is 0 Å². The Balaban J connectivity index is 1.76. The number of nitrogens with one attached hydrogen (secondary N) is 2. The molecule has 7 heteroatoms. The molecule has 0 aliphatic heterocycles. The summed E-state index contributed by atoms with van der Waals surface area (Å²) in [6.45, 7) is 2.18. The Labute approximate surface area is 174 Å². The minimum absolute atomic E-state index is 0.0357. The number of ether oxygens (including phenoxy) is 1. The lowest BCUT2D eigenvalue weighted by molar-refractivity contribution is 0.0926. The van der Waals surface area contributed by atoms with Crippen molar-refractivity contribution >= 4 is 15.9 Å². The molecule has 1 aromatic rings. The van der Waals surface area contributed by atoms with Gasteiger partial charge < -0.3 is 10.1 Å². The van der Waals surface area contributed by atoms with Crippen LogP contribution in [0.2, 0.25) is 0 Å². The molecule has 29 heavy (non-hydrogen) atoms. The summed E-state index contributed by atoms with van der Waals surface area (Å²) in [7, 11) is -2.30. The lowest BCUT2D eigenvalue weighted by atomic mass is 9.96. The second-order valence-electron chi connectivity index (χ2n) is 8.38. The fraction of sp³-hybridized carbons (Fsp3) is 0.682. The van der Waals surface area contributed by atoms with Gasteiger partial charge in [-0.25, -0.2) is 13.1 Å². The number of hydrogen-bond acceptors (Lipinski definition) is 4. The number of methoxy groups -OCH3 is 1. The van der Waals surface area contributed by atoms with Crippen molar-refractivity contribution in [2.24, 2.45) is 5.92 Å². The van der Waals surface area contributed by atoms with Crippen LogP contribution >= 0.6 is 0 Å². The largest absolute Gasteiger partial charge is 0.495 e. The molecule has 2 atom stereocenters. The van der Waals surface area contributed by atoms with E-state index in [-0.39, 0.29) is 28.6 Å². The van der Waals surface area contributed by atoms with Crippen molar-refractivity contribution in [1.82, 2.24) is 10.0 Å². The molecule has 2 fully saturated rings. The predicted molar refractivity (Wildman–Crippen MR) is 114 cm³/mol. The van der Waals surface area contributed by atoms with Crippen molar-refractivity contribution in [3.63, 3.8) is 0 Å². The van der Waals surface area contributed by atoms with Crippen LogP contribution in [0.1, 0.15) is 81.5 Å². The molecule has 0 bridgehead atoms. The Morgan fingerprint density at radius 2 is 1.90 bits per heavy atom. The molecule has 1 amide bonds. The number of hydrogen-bond donors (Lipinski definition) is 2. The number of unbranched alkanes of at least 4 members (excludes halogenated alkanes) is 1. The molecule has 162 valence electrons. The third-order valence-electron chi connectivity index (χ3n) is 6.30. The standard InChI is InChI=1S/C22H34N2O4S/c1-3-4-8-16-9-7-12-19(16)23-22(25)17-13-14-20(28-2)21(15-17)29(26,27)24-18-10-5-6-11-18/h13-16,18-19,24H,3-12H2,1-2H3,(H,23,25). The average molecular weight is 423 g/mol. The fourth-order valence-corrected chi connectivity index (χ4v) is 6.14. The number of carbonyl (C=O) groups is 1. The first-order chi connectivity index (χ1) is 13.9. The van der Waals surface area contributed by atoms with Crippen LogP contribution in [-0.2, 0) is 10.0 Å². The Bertz CT molecular complexity index is 803. The highest BCUT2D eigenvalue weighted by Gasteiger charge is 2.30. The third-order valence-corrected chi connectivity index (χ3v) is 7.84. The van der Waals surface area contributed by atoms with Gasteiger partial charge in [0, 0.05) is 17.6 Å². The Morgan fingerprint density at radius 1 is 1.14 bits per heavy atom. The summed E-state index contributed by atoms with van der Waals surface area (Å²) in [5.41, 5.74) is 0.360. The van der Waals surface area contributed by atoms with Gasteiger partial charge >= 0.3 is 0 Å². The number of rotatable bonds is 9. The summed E-state index contributed by atoms with van der Waals surface area (Å²) in [6, 6.07) is 4.79. The Kier molecular flexibility index (Phi) is 7.57. The Morgan fingerprint density at radius 3 is 2.59 bits per heavy atom. The van der Waals surface area contributed by atoms with Gasteiger partial charge in [0.2, 0.25) is 10.0 Å². The number of amides is 1. The molecule has 2 aliphatic rings. The van der Waals surface area contributed by atoms with E-state index in [1.807, 2.05) is 0 Å². The van der Waals surface area contributed by atoms with Crippen molar-refractivity contribution < 1.29 is 17.9 Å². The highest BCUT2D eigenvalue weighted by atomic mass is 32.2. The SMILES string of the molecule is CCCCC1CCCC1NC(=O)c1ccc(OC)c(S(=O)(=O)NC2CCCC2)c1.